The summed E-state index contributed by atoms with van der Waals surface area (Å²) < 4.78 is 0. The molecule has 0 aliphatic carbocycles. The van der Waals surface area contributed by atoms with E-state index in [1.807, 2.05) is 19.1 Å². The van der Waals surface area contributed by atoms with Crippen LogP contribution in [-0.2, 0) is 0 Å². The molecule has 0 amide bonds. The van der Waals surface area contributed by atoms with Gasteiger partial charge < -0.3 is 4.98 Å². The highest BCUT2D eigenvalue weighted by atomic mass is 14.9. The number of aliphatic imine (C=N–C) groups is 1. The first-order valence-corrected chi connectivity index (χ1v) is 3.67. The molecule has 0 saturated carbocycles. The van der Waals surface area contributed by atoms with Crippen LogP contribution in [-0.4, -0.2) is 16.2 Å². The van der Waals surface area contributed by atoms with Crippen LogP contribution in [0.2, 0.25) is 0 Å². The molecule has 0 aromatic carbocycles. The van der Waals surface area contributed by atoms with E-state index in [1.54, 1.807) is 18.7 Å². The topological polar surface area (TPSA) is 41.0 Å². The van der Waals surface area contributed by atoms with Crippen LogP contribution in [0.1, 0.15) is 12.6 Å². The molecule has 0 aliphatic heterocycles. The van der Waals surface area contributed by atoms with Crippen molar-refractivity contribution in [1.82, 2.24) is 9.97 Å². The molecule has 3 nitrogen and oxygen atoms in total. The molecule has 0 aliphatic rings. The molecule has 0 saturated heterocycles. The lowest BCUT2D eigenvalue weighted by molar-refractivity contribution is 1.29. The third-order valence-corrected chi connectivity index (χ3v) is 1.32. The van der Waals surface area contributed by atoms with Crippen LogP contribution in [0, 0.1) is 0 Å². The van der Waals surface area contributed by atoms with Gasteiger partial charge in [-0.15, -0.1) is 0 Å². The Morgan fingerprint density at radius 2 is 2.58 bits per heavy atom. The lowest BCUT2D eigenvalue weighted by Gasteiger charge is -1.91. The lowest BCUT2D eigenvalue weighted by Crippen LogP contribution is -1.77. The van der Waals surface area contributed by atoms with Gasteiger partial charge in [-0.05, 0) is 13.0 Å². The minimum absolute atomic E-state index is 0.686. The van der Waals surface area contributed by atoms with E-state index in [4.69, 9.17) is 0 Å². The first-order chi connectivity index (χ1) is 5.84. The zero-order chi connectivity index (χ0) is 8.81. The first-order valence-electron chi connectivity index (χ1n) is 3.67. The Balaban J connectivity index is 2.61. The van der Waals surface area contributed by atoms with Crippen molar-refractivity contribution in [2.45, 2.75) is 6.92 Å². The van der Waals surface area contributed by atoms with Gasteiger partial charge in [-0.3, -0.25) is 4.99 Å². The van der Waals surface area contributed by atoms with Gasteiger partial charge in [-0.25, -0.2) is 4.98 Å². The van der Waals surface area contributed by atoms with E-state index in [2.05, 4.69) is 21.5 Å². The largest absolute Gasteiger partial charge is 0.343 e. The molecule has 0 bridgehead atoms. The van der Waals surface area contributed by atoms with E-state index in [1.165, 1.54) is 0 Å². The summed E-state index contributed by atoms with van der Waals surface area (Å²) in [4.78, 5) is 10.9. The monoisotopic (exact) mass is 161 g/mol. The second-order valence-corrected chi connectivity index (χ2v) is 2.22. The summed E-state index contributed by atoms with van der Waals surface area (Å²) in [6.45, 7) is 5.70. The fraction of sp³-hybridized carbons (Fsp3) is 0.111. The number of hydrogen-bond acceptors (Lipinski definition) is 2. The summed E-state index contributed by atoms with van der Waals surface area (Å²) in [7, 11) is 0. The number of imidazole rings is 1. The molecule has 62 valence electrons. The van der Waals surface area contributed by atoms with Crippen molar-refractivity contribution in [3.8, 4) is 0 Å². The zero-order valence-corrected chi connectivity index (χ0v) is 6.99. The van der Waals surface area contributed by atoms with Gasteiger partial charge in [-0.1, -0.05) is 12.7 Å². The van der Waals surface area contributed by atoms with Crippen LogP contribution in [0.5, 0.6) is 0 Å². The second-order valence-electron chi connectivity index (χ2n) is 2.22. The quantitative estimate of drug-likeness (QED) is 0.677. The SMILES string of the molecule is C=C(N=C/C=C\C)c1cnc[nH]1. The highest BCUT2D eigenvalue weighted by Gasteiger charge is 1.94. The van der Waals surface area contributed by atoms with Crippen molar-refractivity contribution in [3.63, 3.8) is 0 Å². The van der Waals surface area contributed by atoms with Gasteiger partial charge in [0.1, 0.15) is 0 Å². The molecular formula is C9H11N3. The number of nitrogens with zero attached hydrogens (tertiary/aromatic N) is 2. The minimum Gasteiger partial charge on any atom is -0.343 e. The van der Waals surface area contributed by atoms with Crippen LogP contribution >= 0.6 is 0 Å². The van der Waals surface area contributed by atoms with Crippen molar-refractivity contribution in [2.24, 2.45) is 4.99 Å². The fourth-order valence-electron chi connectivity index (χ4n) is 0.702. The van der Waals surface area contributed by atoms with Crippen LogP contribution in [0.4, 0.5) is 0 Å². The number of rotatable bonds is 3. The van der Waals surface area contributed by atoms with Crippen molar-refractivity contribution in [2.75, 3.05) is 0 Å². The Kier molecular flexibility index (Phi) is 3.02. The van der Waals surface area contributed by atoms with E-state index in [0.717, 1.165) is 5.69 Å². The molecule has 1 N–H and O–H groups in total. The lowest BCUT2D eigenvalue weighted by atomic mass is 10.4. The van der Waals surface area contributed by atoms with Crippen LogP contribution in [0.3, 0.4) is 0 Å². The summed E-state index contributed by atoms with van der Waals surface area (Å²) in [6.07, 6.45) is 8.75. The van der Waals surface area contributed by atoms with Crippen LogP contribution in [0.15, 0.2) is 36.2 Å². The molecule has 12 heavy (non-hydrogen) atoms. The maximum absolute atomic E-state index is 4.08. The molecule has 0 spiro atoms. The Hall–Kier alpha value is -1.64. The van der Waals surface area contributed by atoms with Gasteiger partial charge in [0.05, 0.1) is 23.9 Å². The van der Waals surface area contributed by atoms with E-state index < -0.39 is 0 Å². The van der Waals surface area contributed by atoms with Crippen molar-refractivity contribution in [1.29, 1.82) is 0 Å². The first kappa shape index (κ1) is 8.46. The average molecular weight is 161 g/mol. The van der Waals surface area contributed by atoms with Gasteiger partial charge in [-0.2, -0.15) is 0 Å². The van der Waals surface area contributed by atoms with E-state index in [9.17, 15) is 0 Å². The van der Waals surface area contributed by atoms with Crippen molar-refractivity contribution in [3.05, 3.63) is 36.9 Å². The Morgan fingerprint density at radius 1 is 1.75 bits per heavy atom. The number of nitrogens with one attached hydrogen (secondary N) is 1. The summed E-state index contributed by atoms with van der Waals surface area (Å²) in [5.74, 6) is 0. The van der Waals surface area contributed by atoms with E-state index >= 15 is 0 Å². The molecule has 0 atom stereocenters. The van der Waals surface area contributed by atoms with E-state index in [-0.39, 0.29) is 0 Å². The molecule has 3 heteroatoms. The number of aromatic nitrogens is 2. The average Bonchev–Trinajstić information content (AvgIpc) is 2.56. The number of aromatic amines is 1. The Bertz CT molecular complexity index is 294. The maximum Gasteiger partial charge on any atom is 0.0924 e. The Labute approximate surface area is 71.6 Å². The van der Waals surface area contributed by atoms with Gasteiger partial charge in [0, 0.05) is 6.21 Å². The van der Waals surface area contributed by atoms with E-state index in [0.29, 0.717) is 5.70 Å². The number of hydrogen-bond donors (Lipinski definition) is 1. The summed E-state index contributed by atoms with van der Waals surface area (Å²) in [6, 6.07) is 0. The molecular weight excluding hydrogens is 150 g/mol. The molecule has 1 rings (SSSR count). The molecule has 0 unspecified atom stereocenters. The summed E-state index contributed by atoms with van der Waals surface area (Å²) in [5, 5.41) is 0. The summed E-state index contributed by atoms with van der Waals surface area (Å²) in [5.41, 5.74) is 1.53. The predicted molar refractivity (Wildman–Crippen MR) is 50.9 cm³/mol. The fourth-order valence-corrected chi connectivity index (χ4v) is 0.702. The minimum atomic E-state index is 0.686. The van der Waals surface area contributed by atoms with Crippen LogP contribution in [0.25, 0.3) is 5.70 Å². The standard InChI is InChI=1S/C9H11N3/c1-3-4-5-11-8(2)9-6-10-7-12-9/h3-7H,2H2,1H3,(H,10,12)/b4-3-,11-5?. The number of H-pyrrole nitrogens is 1. The predicted octanol–water partition coefficient (Wildman–Crippen LogP) is 2.03. The smallest absolute Gasteiger partial charge is 0.0924 e. The van der Waals surface area contributed by atoms with Crippen LogP contribution < -0.4 is 0 Å². The molecule has 1 aromatic heterocycles. The van der Waals surface area contributed by atoms with Gasteiger partial charge in [0.15, 0.2) is 0 Å². The molecule has 1 aromatic rings. The third-order valence-electron chi connectivity index (χ3n) is 1.32. The normalized spacial score (nSPS) is 11.4. The summed E-state index contributed by atoms with van der Waals surface area (Å²) >= 11 is 0. The third kappa shape index (κ3) is 2.20. The second kappa shape index (κ2) is 4.28. The molecule has 0 fully saturated rings. The van der Waals surface area contributed by atoms with Gasteiger partial charge in [0.2, 0.25) is 0 Å². The highest BCUT2D eigenvalue weighted by Crippen LogP contribution is 2.07. The van der Waals surface area contributed by atoms with Crippen molar-refractivity contribution < 1.29 is 0 Å². The highest BCUT2D eigenvalue weighted by molar-refractivity contribution is 5.78. The zero-order valence-electron chi connectivity index (χ0n) is 6.99. The molecule has 1 heterocycles. The Morgan fingerprint density at radius 3 is 3.17 bits per heavy atom. The van der Waals surface area contributed by atoms with Crippen molar-refractivity contribution >= 4 is 11.9 Å². The van der Waals surface area contributed by atoms with Gasteiger partial charge >= 0.3 is 0 Å². The maximum atomic E-state index is 4.08. The number of allylic oxidation sites excluding steroid dienone is 2. The van der Waals surface area contributed by atoms with Gasteiger partial charge in [0.25, 0.3) is 0 Å². The molecule has 0 radical (unpaired) electrons.